The number of nitrogens with one attached hydrogen (secondary N) is 1. The van der Waals surface area contributed by atoms with Gasteiger partial charge in [0, 0.05) is 0 Å². The fourth-order valence-electron chi connectivity index (χ4n) is 2.30. The minimum atomic E-state index is -0.690. The molecule has 1 aliphatic rings. The lowest BCUT2D eigenvalue weighted by Crippen LogP contribution is -2.47. The van der Waals surface area contributed by atoms with Gasteiger partial charge in [-0.05, 0) is 19.8 Å². The highest BCUT2D eigenvalue weighted by Crippen LogP contribution is 2.38. The van der Waals surface area contributed by atoms with Gasteiger partial charge in [-0.3, -0.25) is 4.79 Å². The number of aryl methyl sites for hydroxylation is 1. The van der Waals surface area contributed by atoms with Gasteiger partial charge < -0.3 is 15.6 Å². The number of nitrogens with two attached hydrogens (primary N) is 1. The number of hydrogen-bond donors (Lipinski definition) is 2. The van der Waals surface area contributed by atoms with Crippen molar-refractivity contribution in [2.45, 2.75) is 39.2 Å². The molecular weight excluding hydrogens is 252 g/mol. The molecule has 0 aromatic carbocycles. The summed E-state index contributed by atoms with van der Waals surface area (Å²) >= 11 is 5.04. The molecule has 3 N–H and O–H groups in total. The predicted molar refractivity (Wildman–Crippen MR) is 68.6 cm³/mol. The predicted octanol–water partition coefficient (Wildman–Crippen LogP) is 0.841. The van der Waals surface area contributed by atoms with E-state index in [1.807, 2.05) is 0 Å². The van der Waals surface area contributed by atoms with Gasteiger partial charge in [0.15, 0.2) is 5.82 Å². The smallest absolute Gasteiger partial charge is 0.246 e. The highest BCUT2D eigenvalue weighted by molar-refractivity contribution is 7.80. The van der Waals surface area contributed by atoms with Gasteiger partial charge in [-0.2, -0.15) is 4.98 Å². The van der Waals surface area contributed by atoms with E-state index in [2.05, 4.69) is 15.5 Å². The molecule has 7 heteroatoms. The van der Waals surface area contributed by atoms with Gasteiger partial charge in [-0.15, -0.1) is 0 Å². The van der Waals surface area contributed by atoms with Crippen molar-refractivity contribution in [3.8, 4) is 0 Å². The highest BCUT2D eigenvalue weighted by Gasteiger charge is 2.43. The summed E-state index contributed by atoms with van der Waals surface area (Å²) in [5, 5.41) is 6.43. The molecule has 0 bridgehead atoms. The molecule has 1 amide bonds. The summed E-state index contributed by atoms with van der Waals surface area (Å²) in [4.78, 5) is 16.5. The Morgan fingerprint density at radius 1 is 1.56 bits per heavy atom. The zero-order valence-corrected chi connectivity index (χ0v) is 11.0. The molecule has 18 heavy (non-hydrogen) atoms. The molecule has 1 saturated carbocycles. The van der Waals surface area contributed by atoms with E-state index in [1.165, 1.54) is 0 Å². The van der Waals surface area contributed by atoms with E-state index in [-0.39, 0.29) is 17.4 Å². The van der Waals surface area contributed by atoms with Crippen LogP contribution >= 0.6 is 12.2 Å². The van der Waals surface area contributed by atoms with Gasteiger partial charge in [-0.1, -0.05) is 30.2 Å². The van der Waals surface area contributed by atoms with Crippen LogP contribution in [-0.2, 0) is 11.3 Å². The Hall–Kier alpha value is -1.50. The number of hydrogen-bond acceptors (Lipinski definition) is 5. The van der Waals surface area contributed by atoms with Crippen LogP contribution in [0.2, 0.25) is 0 Å². The number of amides is 1. The minimum Gasteiger partial charge on any atom is -0.392 e. The van der Waals surface area contributed by atoms with Gasteiger partial charge in [0.05, 0.1) is 16.9 Å². The van der Waals surface area contributed by atoms with Crippen LogP contribution in [0.3, 0.4) is 0 Å². The summed E-state index contributed by atoms with van der Waals surface area (Å²) in [5.74, 6) is 0.796. The van der Waals surface area contributed by atoms with Crippen molar-refractivity contribution in [1.82, 2.24) is 15.5 Å². The van der Waals surface area contributed by atoms with Gasteiger partial charge in [0.1, 0.15) is 0 Å². The van der Waals surface area contributed by atoms with E-state index < -0.39 is 5.41 Å². The van der Waals surface area contributed by atoms with E-state index in [9.17, 15) is 4.79 Å². The van der Waals surface area contributed by atoms with Crippen molar-refractivity contribution in [1.29, 1.82) is 0 Å². The first-order valence-electron chi connectivity index (χ1n) is 5.92. The van der Waals surface area contributed by atoms with E-state index in [0.717, 1.165) is 25.7 Å². The molecule has 1 aromatic rings. The first kappa shape index (κ1) is 12.9. The van der Waals surface area contributed by atoms with Crippen molar-refractivity contribution < 1.29 is 9.32 Å². The molecule has 1 fully saturated rings. The Morgan fingerprint density at radius 2 is 2.22 bits per heavy atom. The molecule has 1 aromatic heterocycles. The van der Waals surface area contributed by atoms with Crippen LogP contribution in [0.4, 0.5) is 0 Å². The fourth-order valence-corrected chi connectivity index (χ4v) is 2.60. The second kappa shape index (κ2) is 5.01. The topological polar surface area (TPSA) is 94.0 Å². The quantitative estimate of drug-likeness (QED) is 0.786. The van der Waals surface area contributed by atoms with E-state index in [1.54, 1.807) is 6.92 Å². The number of nitrogens with zero attached hydrogens (tertiary/aromatic N) is 2. The van der Waals surface area contributed by atoms with Gasteiger partial charge in [0.25, 0.3) is 0 Å². The molecular formula is C11H16N4O2S. The van der Waals surface area contributed by atoms with Crippen LogP contribution in [0, 0.1) is 12.3 Å². The lowest BCUT2D eigenvalue weighted by atomic mass is 9.85. The summed E-state index contributed by atoms with van der Waals surface area (Å²) in [6.07, 6.45) is 3.39. The molecule has 0 spiro atoms. The Kier molecular flexibility index (Phi) is 3.60. The highest BCUT2D eigenvalue weighted by atomic mass is 32.1. The molecule has 6 nitrogen and oxygen atoms in total. The van der Waals surface area contributed by atoms with Crippen molar-refractivity contribution in [3.05, 3.63) is 11.7 Å². The molecule has 0 unspecified atom stereocenters. The van der Waals surface area contributed by atoms with Gasteiger partial charge in [0.2, 0.25) is 11.8 Å². The Labute approximate surface area is 110 Å². The van der Waals surface area contributed by atoms with Crippen LogP contribution < -0.4 is 11.1 Å². The second-order valence-corrected chi connectivity index (χ2v) is 5.01. The number of thiocarbonyl (C=S) groups is 1. The van der Waals surface area contributed by atoms with Crippen molar-refractivity contribution in [2.75, 3.05) is 0 Å². The van der Waals surface area contributed by atoms with Crippen LogP contribution in [0.5, 0.6) is 0 Å². The summed E-state index contributed by atoms with van der Waals surface area (Å²) in [6.45, 7) is 1.94. The molecule has 0 radical (unpaired) electrons. The van der Waals surface area contributed by atoms with Gasteiger partial charge in [-0.25, -0.2) is 0 Å². The lowest BCUT2D eigenvalue weighted by Gasteiger charge is -2.25. The van der Waals surface area contributed by atoms with E-state index in [4.69, 9.17) is 22.5 Å². The maximum atomic E-state index is 12.2. The van der Waals surface area contributed by atoms with Gasteiger partial charge >= 0.3 is 0 Å². The third-order valence-electron chi connectivity index (χ3n) is 3.33. The minimum absolute atomic E-state index is 0.136. The summed E-state index contributed by atoms with van der Waals surface area (Å²) in [6, 6.07) is 0. The summed E-state index contributed by atoms with van der Waals surface area (Å²) in [7, 11) is 0. The van der Waals surface area contributed by atoms with Crippen LogP contribution in [-0.4, -0.2) is 21.0 Å². The first-order chi connectivity index (χ1) is 8.54. The van der Waals surface area contributed by atoms with Crippen molar-refractivity contribution in [2.24, 2.45) is 11.1 Å². The Balaban J connectivity index is 2.00. The average Bonchev–Trinajstić information content (AvgIpc) is 2.95. The largest absolute Gasteiger partial charge is 0.392 e. The van der Waals surface area contributed by atoms with Crippen molar-refractivity contribution in [3.63, 3.8) is 0 Å². The molecule has 2 rings (SSSR count). The van der Waals surface area contributed by atoms with Crippen molar-refractivity contribution >= 4 is 23.1 Å². The maximum absolute atomic E-state index is 12.2. The van der Waals surface area contributed by atoms with E-state index in [0.29, 0.717) is 11.7 Å². The number of rotatable bonds is 4. The second-order valence-electron chi connectivity index (χ2n) is 4.57. The third kappa shape index (κ3) is 2.35. The molecule has 0 aliphatic heterocycles. The standard InChI is InChI=1S/C11H16N4O2S/c1-7-14-8(17-15-7)6-13-10(16)11(9(12)18)4-2-3-5-11/h2-6H2,1H3,(H2,12,18)(H,13,16). The molecule has 0 saturated heterocycles. The zero-order chi connectivity index (χ0) is 13.2. The first-order valence-corrected chi connectivity index (χ1v) is 6.33. The monoisotopic (exact) mass is 268 g/mol. The SMILES string of the molecule is Cc1noc(CNC(=O)C2(C(N)=S)CCCC2)n1. The number of aromatic nitrogens is 2. The molecule has 1 aliphatic carbocycles. The van der Waals surface area contributed by atoms with Crippen LogP contribution in [0.1, 0.15) is 37.4 Å². The van der Waals surface area contributed by atoms with Crippen LogP contribution in [0.25, 0.3) is 0 Å². The number of carbonyl (C=O) groups is 1. The van der Waals surface area contributed by atoms with E-state index >= 15 is 0 Å². The Morgan fingerprint density at radius 3 is 2.72 bits per heavy atom. The third-order valence-corrected chi connectivity index (χ3v) is 3.72. The maximum Gasteiger partial charge on any atom is 0.246 e. The number of carbonyl (C=O) groups excluding carboxylic acids is 1. The average molecular weight is 268 g/mol. The summed E-state index contributed by atoms with van der Waals surface area (Å²) < 4.78 is 4.93. The molecule has 98 valence electrons. The molecule has 1 heterocycles. The fraction of sp³-hybridized carbons (Fsp3) is 0.636. The zero-order valence-electron chi connectivity index (χ0n) is 10.2. The molecule has 0 atom stereocenters. The normalized spacial score (nSPS) is 17.6. The summed E-state index contributed by atoms with van der Waals surface area (Å²) in [5.41, 5.74) is 5.04. The lowest BCUT2D eigenvalue weighted by molar-refractivity contribution is -0.127. The Bertz CT molecular complexity index is 465. The van der Waals surface area contributed by atoms with Crippen LogP contribution in [0.15, 0.2) is 4.52 Å².